The second-order valence-corrected chi connectivity index (χ2v) is 8.07. The van der Waals surface area contributed by atoms with Crippen LogP contribution in [0.25, 0.3) is 10.9 Å². The summed E-state index contributed by atoms with van der Waals surface area (Å²) in [5.41, 5.74) is -1.73. The Hall–Kier alpha value is -2.58. The van der Waals surface area contributed by atoms with Gasteiger partial charge in [-0.25, -0.2) is 9.97 Å². The summed E-state index contributed by atoms with van der Waals surface area (Å²) in [7, 11) is 0. The topological polar surface area (TPSA) is 78.3 Å². The first-order chi connectivity index (χ1) is 14.0. The monoisotopic (exact) mass is 437 g/mol. The molecular formula is C21H19ClF3N3O2. The van der Waals surface area contributed by atoms with Crippen LogP contribution in [0.2, 0.25) is 5.02 Å². The quantitative estimate of drug-likeness (QED) is 0.510. The molecule has 0 saturated heterocycles. The Labute approximate surface area is 175 Å². The van der Waals surface area contributed by atoms with Crippen LogP contribution in [-0.4, -0.2) is 32.0 Å². The van der Waals surface area contributed by atoms with E-state index in [1.54, 1.807) is 25.1 Å². The number of halogens is 4. The normalized spacial score (nSPS) is 24.0. The molecule has 1 aliphatic carbocycles. The van der Waals surface area contributed by atoms with Gasteiger partial charge in [0.2, 0.25) is 0 Å². The van der Waals surface area contributed by atoms with Crippen molar-refractivity contribution in [3.05, 3.63) is 58.5 Å². The van der Waals surface area contributed by atoms with E-state index in [4.69, 9.17) is 11.6 Å². The number of fused-ring (bicyclic) bond motifs is 2. The van der Waals surface area contributed by atoms with Crippen molar-refractivity contribution in [2.24, 2.45) is 0 Å². The molecule has 30 heavy (non-hydrogen) atoms. The number of aliphatic hydroxyl groups is 1. The Bertz CT molecular complexity index is 1140. The summed E-state index contributed by atoms with van der Waals surface area (Å²) in [6, 6.07) is 6.16. The molecule has 0 fully saturated rings. The lowest BCUT2D eigenvalue weighted by Gasteiger charge is -2.45. The van der Waals surface area contributed by atoms with Gasteiger partial charge in [-0.05, 0) is 43.0 Å². The lowest BCUT2D eigenvalue weighted by atomic mass is 9.70. The molecule has 0 radical (unpaired) electrons. The van der Waals surface area contributed by atoms with Crippen molar-refractivity contribution in [1.29, 1.82) is 0 Å². The second kappa shape index (κ2) is 6.99. The standard InChI is InChI=1S/C21H19ClF3N3O2/c1-10-8-20(30,21(23,24)25)19(12-6-7-14(22)18(29)17(10)12)28-16-5-3-4-15-13(16)9-26-11(2)27-15/h3-7,9-10,19,28-30H,8H2,1-2H3. The number of nitrogens with zero attached hydrogens (tertiary/aromatic N) is 2. The minimum Gasteiger partial charge on any atom is -0.506 e. The molecule has 3 aromatic rings. The van der Waals surface area contributed by atoms with Crippen molar-refractivity contribution in [3.63, 3.8) is 0 Å². The molecule has 0 amide bonds. The molecule has 1 heterocycles. The van der Waals surface area contributed by atoms with Gasteiger partial charge in [0.15, 0.2) is 5.60 Å². The smallest absolute Gasteiger partial charge is 0.419 e. The third kappa shape index (κ3) is 3.15. The van der Waals surface area contributed by atoms with Gasteiger partial charge in [0.05, 0.1) is 16.6 Å². The molecule has 9 heteroatoms. The fourth-order valence-electron chi connectivity index (χ4n) is 4.22. The van der Waals surface area contributed by atoms with E-state index in [1.807, 2.05) is 0 Å². The number of phenolic OH excluding ortho intramolecular Hbond substituents is 1. The number of hydrogen-bond acceptors (Lipinski definition) is 5. The Morgan fingerprint density at radius 2 is 1.97 bits per heavy atom. The van der Waals surface area contributed by atoms with Crippen LogP contribution in [0.1, 0.15) is 42.3 Å². The summed E-state index contributed by atoms with van der Waals surface area (Å²) in [5.74, 6) is -0.501. The summed E-state index contributed by atoms with van der Waals surface area (Å²) in [6.45, 7) is 3.24. The maximum Gasteiger partial charge on any atom is 0.419 e. The van der Waals surface area contributed by atoms with Crippen molar-refractivity contribution < 1.29 is 23.4 Å². The summed E-state index contributed by atoms with van der Waals surface area (Å²) >= 11 is 6.00. The number of aryl methyl sites for hydroxylation is 1. The van der Waals surface area contributed by atoms with Crippen LogP contribution in [0, 0.1) is 6.92 Å². The largest absolute Gasteiger partial charge is 0.506 e. The van der Waals surface area contributed by atoms with Crippen LogP contribution in [0.4, 0.5) is 18.9 Å². The van der Waals surface area contributed by atoms with E-state index in [1.165, 1.54) is 25.3 Å². The van der Waals surface area contributed by atoms with E-state index in [-0.39, 0.29) is 16.3 Å². The Balaban J connectivity index is 1.92. The van der Waals surface area contributed by atoms with Gasteiger partial charge in [0.1, 0.15) is 11.6 Å². The van der Waals surface area contributed by atoms with E-state index >= 15 is 0 Å². The van der Waals surface area contributed by atoms with Crippen LogP contribution in [0.3, 0.4) is 0 Å². The van der Waals surface area contributed by atoms with Gasteiger partial charge in [-0.1, -0.05) is 30.7 Å². The number of alkyl halides is 3. The first kappa shape index (κ1) is 20.7. The van der Waals surface area contributed by atoms with Crippen molar-refractivity contribution in [2.75, 3.05) is 5.32 Å². The van der Waals surface area contributed by atoms with Crippen LogP contribution in [0.5, 0.6) is 5.75 Å². The molecule has 0 aliphatic heterocycles. The molecule has 3 unspecified atom stereocenters. The molecule has 3 atom stereocenters. The highest BCUT2D eigenvalue weighted by Crippen LogP contribution is 2.55. The molecule has 0 saturated carbocycles. The van der Waals surface area contributed by atoms with Crippen molar-refractivity contribution in [2.45, 2.75) is 44.0 Å². The first-order valence-corrected chi connectivity index (χ1v) is 9.70. The first-order valence-electron chi connectivity index (χ1n) is 9.32. The average Bonchev–Trinajstić information content (AvgIpc) is 2.66. The third-order valence-corrected chi connectivity index (χ3v) is 5.94. The number of anilines is 1. The van der Waals surface area contributed by atoms with E-state index in [9.17, 15) is 23.4 Å². The number of aromatic nitrogens is 2. The summed E-state index contributed by atoms with van der Waals surface area (Å²) < 4.78 is 42.3. The second-order valence-electron chi connectivity index (χ2n) is 7.66. The van der Waals surface area contributed by atoms with Crippen LogP contribution < -0.4 is 5.32 Å². The fraction of sp³-hybridized carbons (Fsp3) is 0.333. The van der Waals surface area contributed by atoms with Crippen LogP contribution >= 0.6 is 11.6 Å². The minimum atomic E-state index is -4.91. The molecule has 0 spiro atoms. The zero-order chi connectivity index (χ0) is 21.8. The summed E-state index contributed by atoms with van der Waals surface area (Å²) in [6.07, 6.45) is -4.02. The van der Waals surface area contributed by atoms with Gasteiger partial charge in [-0.15, -0.1) is 0 Å². The van der Waals surface area contributed by atoms with Crippen molar-refractivity contribution >= 4 is 28.2 Å². The molecule has 0 bridgehead atoms. The predicted octanol–water partition coefficient (Wildman–Crippen LogP) is 5.25. The maximum absolute atomic E-state index is 14.1. The van der Waals surface area contributed by atoms with E-state index in [0.717, 1.165) is 0 Å². The highest BCUT2D eigenvalue weighted by molar-refractivity contribution is 6.32. The zero-order valence-corrected chi connectivity index (χ0v) is 16.9. The molecule has 1 aliphatic rings. The predicted molar refractivity (Wildman–Crippen MR) is 108 cm³/mol. The average molecular weight is 438 g/mol. The zero-order valence-electron chi connectivity index (χ0n) is 16.1. The number of phenols is 1. The van der Waals surface area contributed by atoms with Gasteiger partial charge in [-0.3, -0.25) is 0 Å². The van der Waals surface area contributed by atoms with E-state index in [2.05, 4.69) is 15.3 Å². The highest BCUT2D eigenvalue weighted by Gasteiger charge is 2.62. The lowest BCUT2D eigenvalue weighted by Crippen LogP contribution is -2.55. The fourth-order valence-corrected chi connectivity index (χ4v) is 4.38. The summed E-state index contributed by atoms with van der Waals surface area (Å²) in [5, 5.41) is 24.7. The highest BCUT2D eigenvalue weighted by atomic mass is 35.5. The van der Waals surface area contributed by atoms with E-state index in [0.29, 0.717) is 28.0 Å². The van der Waals surface area contributed by atoms with E-state index < -0.39 is 30.2 Å². The number of aromatic hydroxyl groups is 1. The maximum atomic E-state index is 14.1. The number of benzene rings is 2. The van der Waals surface area contributed by atoms with Crippen molar-refractivity contribution in [3.8, 4) is 5.75 Å². The summed E-state index contributed by atoms with van der Waals surface area (Å²) in [4.78, 5) is 8.44. The van der Waals surface area contributed by atoms with Gasteiger partial charge in [0.25, 0.3) is 0 Å². The SMILES string of the molecule is Cc1ncc2c(NC3c4ccc(Cl)c(O)c4C(C)CC3(O)C(F)(F)F)cccc2n1. The van der Waals surface area contributed by atoms with Crippen LogP contribution in [-0.2, 0) is 0 Å². The Kier molecular flexibility index (Phi) is 4.82. The number of nitrogens with one attached hydrogen (secondary N) is 1. The Morgan fingerprint density at radius 1 is 1.23 bits per heavy atom. The minimum absolute atomic E-state index is 0.0471. The molecule has 5 nitrogen and oxygen atoms in total. The van der Waals surface area contributed by atoms with Crippen LogP contribution in [0.15, 0.2) is 36.5 Å². The molecular weight excluding hydrogens is 419 g/mol. The number of hydrogen-bond donors (Lipinski definition) is 3. The molecule has 158 valence electrons. The van der Waals surface area contributed by atoms with Gasteiger partial charge in [-0.2, -0.15) is 13.2 Å². The third-order valence-electron chi connectivity index (χ3n) is 5.64. The molecule has 3 N–H and O–H groups in total. The van der Waals surface area contributed by atoms with Gasteiger partial charge in [0, 0.05) is 22.8 Å². The Morgan fingerprint density at radius 3 is 2.67 bits per heavy atom. The lowest BCUT2D eigenvalue weighted by molar-refractivity contribution is -0.272. The molecule has 1 aromatic heterocycles. The number of rotatable bonds is 2. The molecule has 4 rings (SSSR count). The van der Waals surface area contributed by atoms with Gasteiger partial charge < -0.3 is 15.5 Å². The molecule has 2 aromatic carbocycles. The van der Waals surface area contributed by atoms with Crippen molar-refractivity contribution in [1.82, 2.24) is 9.97 Å². The van der Waals surface area contributed by atoms with Gasteiger partial charge >= 0.3 is 6.18 Å².